The molecular weight excluding hydrogens is 519 g/mol. The quantitative estimate of drug-likeness (QED) is 0.417. The number of thioether (sulfide) groups is 1. The third kappa shape index (κ3) is 5.33. The average molecular weight is 538 g/mol. The maximum absolute atomic E-state index is 12.7. The monoisotopic (exact) mass is 538 g/mol. The first kappa shape index (κ1) is 22.2. The van der Waals surface area contributed by atoms with Crippen molar-refractivity contribution < 1.29 is 23.9 Å². The molecule has 2 aromatic carbocycles. The number of anilines is 1. The Balaban J connectivity index is 1.71. The molecule has 3 rings (SSSR count). The van der Waals surface area contributed by atoms with E-state index >= 15 is 0 Å². The van der Waals surface area contributed by atoms with Crippen LogP contribution in [-0.4, -0.2) is 42.2 Å². The van der Waals surface area contributed by atoms with E-state index in [4.69, 9.17) is 9.47 Å². The highest BCUT2D eigenvalue weighted by Crippen LogP contribution is 2.34. The van der Waals surface area contributed by atoms with Crippen LogP contribution in [0.2, 0.25) is 0 Å². The first-order valence-electron chi connectivity index (χ1n) is 9.03. The lowest BCUT2D eigenvalue weighted by Crippen LogP contribution is -2.36. The van der Waals surface area contributed by atoms with Gasteiger partial charge in [-0.15, -0.1) is 0 Å². The lowest BCUT2D eigenvalue weighted by Gasteiger charge is -2.12. The van der Waals surface area contributed by atoms with E-state index in [1.807, 2.05) is 19.1 Å². The van der Waals surface area contributed by atoms with E-state index in [2.05, 4.69) is 27.9 Å². The van der Waals surface area contributed by atoms with Gasteiger partial charge in [-0.2, -0.15) is 0 Å². The van der Waals surface area contributed by atoms with Crippen LogP contribution >= 0.6 is 34.4 Å². The van der Waals surface area contributed by atoms with Gasteiger partial charge in [0.05, 0.1) is 18.6 Å². The number of benzene rings is 2. The fourth-order valence-electron chi connectivity index (χ4n) is 2.72. The highest BCUT2D eigenvalue weighted by Gasteiger charge is 2.36. The van der Waals surface area contributed by atoms with E-state index in [0.29, 0.717) is 29.4 Å². The van der Waals surface area contributed by atoms with Gasteiger partial charge in [0.25, 0.3) is 11.1 Å². The summed E-state index contributed by atoms with van der Waals surface area (Å²) in [6.45, 7) is 1.98. The standard InChI is InChI=1S/C21H19IN2O5S/c1-3-29-17-10-13(4-9-16(17)28-2)11-18-20(26)24(21(27)30-18)12-19(25)23-15-7-5-14(22)6-8-15/h4-11H,3,12H2,1-2H3,(H,23,25)/b18-11+. The molecule has 9 heteroatoms. The van der Waals surface area contributed by atoms with Gasteiger partial charge in [-0.3, -0.25) is 19.3 Å². The molecule has 1 N–H and O–H groups in total. The van der Waals surface area contributed by atoms with Gasteiger partial charge >= 0.3 is 0 Å². The Hall–Kier alpha value is -2.53. The third-order valence-electron chi connectivity index (χ3n) is 4.09. The Morgan fingerprint density at radius 1 is 1.17 bits per heavy atom. The number of nitrogens with one attached hydrogen (secondary N) is 1. The predicted octanol–water partition coefficient (Wildman–Crippen LogP) is 4.37. The average Bonchev–Trinajstić information content (AvgIpc) is 2.97. The molecule has 1 heterocycles. The van der Waals surface area contributed by atoms with E-state index in [1.54, 1.807) is 43.5 Å². The molecule has 1 aliphatic heterocycles. The maximum Gasteiger partial charge on any atom is 0.294 e. The number of methoxy groups -OCH3 is 1. The Kier molecular flexibility index (Phi) is 7.38. The molecule has 0 bridgehead atoms. The minimum absolute atomic E-state index is 0.245. The van der Waals surface area contributed by atoms with E-state index in [9.17, 15) is 14.4 Å². The number of carbonyl (C=O) groups excluding carboxylic acids is 3. The number of nitrogens with zero attached hydrogens (tertiary/aromatic N) is 1. The second kappa shape index (κ2) is 9.98. The van der Waals surface area contributed by atoms with Crippen molar-refractivity contribution in [2.75, 3.05) is 25.6 Å². The molecule has 0 radical (unpaired) electrons. The maximum atomic E-state index is 12.7. The molecule has 0 spiro atoms. The SMILES string of the molecule is CCOc1cc(/C=C2/SC(=O)N(CC(=O)Nc3ccc(I)cc3)C2=O)ccc1OC. The summed E-state index contributed by atoms with van der Waals surface area (Å²) in [5, 5.41) is 2.20. The summed E-state index contributed by atoms with van der Waals surface area (Å²) in [6.07, 6.45) is 1.60. The van der Waals surface area contributed by atoms with Crippen molar-refractivity contribution in [1.29, 1.82) is 0 Å². The van der Waals surface area contributed by atoms with Crippen molar-refractivity contribution in [2.24, 2.45) is 0 Å². The van der Waals surface area contributed by atoms with E-state index in [0.717, 1.165) is 20.2 Å². The fourth-order valence-corrected chi connectivity index (χ4v) is 3.91. The number of amides is 3. The Labute approximate surface area is 191 Å². The molecule has 30 heavy (non-hydrogen) atoms. The van der Waals surface area contributed by atoms with Gasteiger partial charge in [-0.25, -0.2) is 0 Å². The largest absolute Gasteiger partial charge is 0.493 e. The lowest BCUT2D eigenvalue weighted by atomic mass is 10.2. The summed E-state index contributed by atoms with van der Waals surface area (Å²) in [5.74, 6) is 0.179. The Morgan fingerprint density at radius 2 is 1.90 bits per heavy atom. The second-order valence-corrected chi connectivity index (χ2v) is 8.41. The predicted molar refractivity (Wildman–Crippen MR) is 125 cm³/mol. The minimum atomic E-state index is -0.503. The molecule has 0 atom stereocenters. The zero-order valence-corrected chi connectivity index (χ0v) is 19.3. The van der Waals surface area contributed by atoms with Crippen molar-refractivity contribution in [3.8, 4) is 11.5 Å². The minimum Gasteiger partial charge on any atom is -0.493 e. The summed E-state index contributed by atoms with van der Waals surface area (Å²) >= 11 is 2.96. The van der Waals surface area contributed by atoms with Crippen molar-refractivity contribution >= 4 is 63.2 Å². The van der Waals surface area contributed by atoms with Crippen LogP contribution in [0.15, 0.2) is 47.4 Å². The van der Waals surface area contributed by atoms with Crippen molar-refractivity contribution in [2.45, 2.75) is 6.92 Å². The fraction of sp³-hybridized carbons (Fsp3) is 0.190. The highest BCUT2D eigenvalue weighted by molar-refractivity contribution is 14.1. The van der Waals surface area contributed by atoms with Crippen molar-refractivity contribution in [3.05, 3.63) is 56.5 Å². The molecule has 3 amide bonds. The molecule has 0 aromatic heterocycles. The molecule has 156 valence electrons. The second-order valence-electron chi connectivity index (χ2n) is 6.17. The zero-order chi connectivity index (χ0) is 21.7. The van der Waals surface area contributed by atoms with Gasteiger partial charge in [0.1, 0.15) is 6.54 Å². The van der Waals surface area contributed by atoms with Gasteiger partial charge in [-0.1, -0.05) is 6.07 Å². The summed E-state index contributed by atoms with van der Waals surface area (Å²) in [6, 6.07) is 12.4. The van der Waals surface area contributed by atoms with Gasteiger partial charge in [0.15, 0.2) is 11.5 Å². The number of hydrogen-bond donors (Lipinski definition) is 1. The zero-order valence-electron chi connectivity index (χ0n) is 16.3. The molecule has 7 nitrogen and oxygen atoms in total. The van der Waals surface area contributed by atoms with Gasteiger partial charge in [0, 0.05) is 9.26 Å². The van der Waals surface area contributed by atoms with Crippen LogP contribution < -0.4 is 14.8 Å². The van der Waals surface area contributed by atoms with Crippen LogP contribution in [0.1, 0.15) is 12.5 Å². The molecule has 2 aromatic rings. The third-order valence-corrected chi connectivity index (χ3v) is 5.72. The van der Waals surface area contributed by atoms with Crippen LogP contribution in [0.25, 0.3) is 6.08 Å². The Morgan fingerprint density at radius 3 is 2.57 bits per heavy atom. The van der Waals surface area contributed by atoms with Crippen molar-refractivity contribution in [3.63, 3.8) is 0 Å². The van der Waals surface area contributed by atoms with E-state index < -0.39 is 17.1 Å². The van der Waals surface area contributed by atoms with Crippen LogP contribution in [0, 0.1) is 3.57 Å². The Bertz CT molecular complexity index is 1010. The molecule has 0 saturated carbocycles. The summed E-state index contributed by atoms with van der Waals surface area (Å²) in [5.41, 5.74) is 1.29. The topological polar surface area (TPSA) is 84.9 Å². The van der Waals surface area contributed by atoms with Gasteiger partial charge in [-0.05, 0) is 89.3 Å². The summed E-state index contributed by atoms with van der Waals surface area (Å²) in [7, 11) is 1.55. The van der Waals surface area contributed by atoms with Crippen LogP contribution in [-0.2, 0) is 9.59 Å². The number of ether oxygens (including phenoxy) is 2. The smallest absolute Gasteiger partial charge is 0.294 e. The normalized spacial score (nSPS) is 14.9. The number of imide groups is 1. The molecule has 1 saturated heterocycles. The first-order chi connectivity index (χ1) is 14.4. The number of hydrogen-bond acceptors (Lipinski definition) is 6. The molecule has 0 aliphatic carbocycles. The van der Waals surface area contributed by atoms with Crippen LogP contribution in [0.3, 0.4) is 0 Å². The first-order valence-corrected chi connectivity index (χ1v) is 10.9. The van der Waals surface area contributed by atoms with Crippen molar-refractivity contribution in [1.82, 2.24) is 4.90 Å². The number of carbonyl (C=O) groups is 3. The molecule has 1 aliphatic rings. The van der Waals surface area contributed by atoms with E-state index in [1.165, 1.54) is 0 Å². The molecule has 0 unspecified atom stereocenters. The molecular formula is C21H19IN2O5S. The van der Waals surface area contributed by atoms with Crippen LogP contribution in [0.5, 0.6) is 11.5 Å². The van der Waals surface area contributed by atoms with E-state index in [-0.39, 0.29) is 11.4 Å². The summed E-state index contributed by atoms with van der Waals surface area (Å²) in [4.78, 5) is 38.4. The van der Waals surface area contributed by atoms with Gasteiger partial charge in [0.2, 0.25) is 5.91 Å². The number of halogens is 1. The highest BCUT2D eigenvalue weighted by atomic mass is 127. The number of rotatable bonds is 7. The lowest BCUT2D eigenvalue weighted by molar-refractivity contribution is -0.127. The van der Waals surface area contributed by atoms with Crippen LogP contribution in [0.4, 0.5) is 10.5 Å². The molecule has 1 fully saturated rings. The summed E-state index contributed by atoms with van der Waals surface area (Å²) < 4.78 is 11.8. The van der Waals surface area contributed by atoms with Gasteiger partial charge < -0.3 is 14.8 Å².